The maximum atomic E-state index is 12.1. The van der Waals surface area contributed by atoms with Crippen LogP contribution in [0.5, 0.6) is 5.75 Å². The van der Waals surface area contributed by atoms with Crippen LogP contribution >= 0.6 is 11.8 Å². The molecule has 1 aromatic heterocycles. The number of benzene rings is 1. The lowest BCUT2D eigenvalue weighted by molar-refractivity contribution is -0.119. The van der Waals surface area contributed by atoms with Gasteiger partial charge in [-0.05, 0) is 43.7 Å². The molecule has 0 aliphatic heterocycles. The number of hydrogen-bond donors (Lipinski definition) is 1. The van der Waals surface area contributed by atoms with E-state index in [1.165, 1.54) is 24.6 Å². The van der Waals surface area contributed by atoms with Crippen LogP contribution in [-0.4, -0.2) is 35.0 Å². The Morgan fingerprint density at radius 3 is 2.80 bits per heavy atom. The maximum absolute atomic E-state index is 12.1. The topological polar surface area (TPSA) is 77.2 Å². The number of thioether (sulfide) groups is 1. The first kappa shape index (κ1) is 17.8. The molecule has 1 aliphatic rings. The minimum Gasteiger partial charge on any atom is -0.496 e. The Kier molecular flexibility index (Phi) is 5.96. The molecule has 0 atom stereocenters. The van der Waals surface area contributed by atoms with E-state index in [0.717, 1.165) is 24.3 Å². The Morgan fingerprint density at radius 2 is 2.04 bits per heavy atom. The molecule has 0 saturated heterocycles. The third-order valence-corrected chi connectivity index (χ3v) is 5.27. The van der Waals surface area contributed by atoms with Gasteiger partial charge in [0, 0.05) is 6.04 Å². The summed E-state index contributed by atoms with van der Waals surface area (Å²) in [6.07, 6.45) is 4.50. The summed E-state index contributed by atoms with van der Waals surface area (Å²) in [6.45, 7) is 2.27. The van der Waals surface area contributed by atoms with Crippen molar-refractivity contribution in [1.29, 1.82) is 0 Å². The highest BCUT2D eigenvalue weighted by Crippen LogP contribution is 2.30. The number of nitrogens with one attached hydrogen (secondary N) is 1. The summed E-state index contributed by atoms with van der Waals surface area (Å²) in [5.74, 6) is 2.13. The largest absolute Gasteiger partial charge is 0.496 e. The standard InChI is InChI=1S/C18H23N3O3S/c1-12-7-9-13(10-8-12)19-16(22)11-25-18-21-20-17(24-18)14-5-3-4-6-15(14)23-2/h3-6,12-13H,7-11H2,1-2H3,(H,19,22). The molecule has 0 bridgehead atoms. The molecule has 1 fully saturated rings. The average Bonchev–Trinajstić information content (AvgIpc) is 3.11. The fourth-order valence-electron chi connectivity index (χ4n) is 3.00. The van der Waals surface area contributed by atoms with Gasteiger partial charge in [-0.15, -0.1) is 10.2 Å². The highest BCUT2D eigenvalue weighted by Gasteiger charge is 2.20. The summed E-state index contributed by atoms with van der Waals surface area (Å²) in [4.78, 5) is 12.1. The van der Waals surface area contributed by atoms with E-state index < -0.39 is 0 Å². The van der Waals surface area contributed by atoms with E-state index in [9.17, 15) is 4.79 Å². The molecule has 1 N–H and O–H groups in total. The second kappa shape index (κ2) is 8.38. The third kappa shape index (κ3) is 4.75. The van der Waals surface area contributed by atoms with Gasteiger partial charge in [0.1, 0.15) is 5.75 Å². The van der Waals surface area contributed by atoms with Crippen molar-refractivity contribution in [3.05, 3.63) is 24.3 Å². The van der Waals surface area contributed by atoms with Crippen LogP contribution in [-0.2, 0) is 4.79 Å². The van der Waals surface area contributed by atoms with E-state index in [4.69, 9.17) is 9.15 Å². The fraction of sp³-hybridized carbons (Fsp3) is 0.500. The van der Waals surface area contributed by atoms with Crippen LogP contribution in [0.4, 0.5) is 0 Å². The number of nitrogens with zero attached hydrogens (tertiary/aromatic N) is 2. The van der Waals surface area contributed by atoms with Crippen LogP contribution < -0.4 is 10.1 Å². The van der Waals surface area contributed by atoms with Crippen molar-refractivity contribution in [2.75, 3.05) is 12.9 Å². The monoisotopic (exact) mass is 361 g/mol. The van der Waals surface area contributed by atoms with Crippen molar-refractivity contribution in [1.82, 2.24) is 15.5 Å². The van der Waals surface area contributed by atoms with Gasteiger partial charge in [-0.3, -0.25) is 4.79 Å². The number of carbonyl (C=O) groups is 1. The minimum atomic E-state index is 0.0154. The number of amides is 1. The number of para-hydroxylation sites is 1. The molecule has 1 heterocycles. The number of aromatic nitrogens is 2. The lowest BCUT2D eigenvalue weighted by Gasteiger charge is -2.26. The van der Waals surface area contributed by atoms with Crippen molar-refractivity contribution in [2.24, 2.45) is 5.92 Å². The minimum absolute atomic E-state index is 0.0154. The van der Waals surface area contributed by atoms with Gasteiger partial charge in [-0.25, -0.2) is 0 Å². The normalized spacial score (nSPS) is 20.2. The smallest absolute Gasteiger partial charge is 0.277 e. The number of hydrogen-bond acceptors (Lipinski definition) is 6. The van der Waals surface area contributed by atoms with E-state index in [2.05, 4.69) is 22.4 Å². The summed E-state index contributed by atoms with van der Waals surface area (Å²) in [5, 5.41) is 11.5. The molecule has 134 valence electrons. The quantitative estimate of drug-likeness (QED) is 0.793. The van der Waals surface area contributed by atoms with Crippen molar-refractivity contribution in [3.63, 3.8) is 0 Å². The molecule has 1 aliphatic carbocycles. The molecular weight excluding hydrogens is 338 g/mol. The van der Waals surface area contributed by atoms with Gasteiger partial charge in [-0.1, -0.05) is 30.8 Å². The average molecular weight is 361 g/mol. The molecule has 7 heteroatoms. The second-order valence-electron chi connectivity index (χ2n) is 6.39. The molecule has 25 heavy (non-hydrogen) atoms. The van der Waals surface area contributed by atoms with Crippen molar-refractivity contribution >= 4 is 17.7 Å². The third-order valence-electron chi connectivity index (χ3n) is 4.45. The first-order valence-electron chi connectivity index (χ1n) is 8.54. The molecule has 0 radical (unpaired) electrons. The highest BCUT2D eigenvalue weighted by molar-refractivity contribution is 7.99. The number of methoxy groups -OCH3 is 1. The van der Waals surface area contributed by atoms with Gasteiger partial charge in [0.2, 0.25) is 5.91 Å². The molecule has 3 rings (SSSR count). The highest BCUT2D eigenvalue weighted by atomic mass is 32.2. The van der Waals surface area contributed by atoms with Crippen molar-refractivity contribution in [2.45, 2.75) is 43.9 Å². The van der Waals surface area contributed by atoms with Crippen LogP contribution in [0.2, 0.25) is 0 Å². The Hall–Kier alpha value is -2.02. The van der Waals surface area contributed by atoms with Gasteiger partial charge in [0.15, 0.2) is 0 Å². The van der Waals surface area contributed by atoms with E-state index in [-0.39, 0.29) is 11.7 Å². The van der Waals surface area contributed by atoms with Gasteiger partial charge in [0.25, 0.3) is 11.1 Å². The van der Waals surface area contributed by atoms with Crippen molar-refractivity contribution in [3.8, 4) is 17.2 Å². The van der Waals surface area contributed by atoms with Crippen LogP contribution in [0, 0.1) is 5.92 Å². The van der Waals surface area contributed by atoms with Gasteiger partial charge in [0.05, 0.1) is 18.4 Å². The number of ether oxygens (including phenoxy) is 1. The van der Waals surface area contributed by atoms with E-state index in [1.807, 2.05) is 24.3 Å². The molecule has 6 nitrogen and oxygen atoms in total. The first-order chi connectivity index (χ1) is 12.2. The SMILES string of the molecule is COc1ccccc1-c1nnc(SCC(=O)NC2CCC(C)CC2)o1. The zero-order chi connectivity index (χ0) is 17.6. The summed E-state index contributed by atoms with van der Waals surface area (Å²) in [7, 11) is 1.60. The van der Waals surface area contributed by atoms with Crippen LogP contribution in [0.3, 0.4) is 0 Å². The second-order valence-corrected chi connectivity index (χ2v) is 7.31. The molecule has 1 aromatic carbocycles. The maximum Gasteiger partial charge on any atom is 0.277 e. The lowest BCUT2D eigenvalue weighted by Crippen LogP contribution is -2.38. The molecule has 0 spiro atoms. The van der Waals surface area contributed by atoms with Crippen LogP contribution in [0.15, 0.2) is 33.9 Å². The van der Waals surface area contributed by atoms with Gasteiger partial charge < -0.3 is 14.5 Å². The predicted molar refractivity (Wildman–Crippen MR) is 96.6 cm³/mol. The van der Waals surface area contributed by atoms with E-state index in [0.29, 0.717) is 22.9 Å². The summed E-state index contributed by atoms with van der Waals surface area (Å²) >= 11 is 1.25. The molecule has 0 unspecified atom stereocenters. The fourth-order valence-corrected chi connectivity index (χ4v) is 3.57. The Bertz CT molecular complexity index is 711. The lowest BCUT2D eigenvalue weighted by atomic mass is 9.87. The Balaban J connectivity index is 1.52. The van der Waals surface area contributed by atoms with Gasteiger partial charge >= 0.3 is 0 Å². The van der Waals surface area contributed by atoms with Crippen LogP contribution in [0.25, 0.3) is 11.5 Å². The zero-order valence-corrected chi connectivity index (χ0v) is 15.3. The summed E-state index contributed by atoms with van der Waals surface area (Å²) < 4.78 is 10.9. The Morgan fingerprint density at radius 1 is 1.28 bits per heavy atom. The summed E-state index contributed by atoms with van der Waals surface area (Å²) in [6, 6.07) is 7.76. The van der Waals surface area contributed by atoms with Crippen LogP contribution in [0.1, 0.15) is 32.6 Å². The predicted octanol–water partition coefficient (Wildman–Crippen LogP) is 3.53. The summed E-state index contributed by atoms with van der Waals surface area (Å²) in [5.41, 5.74) is 0.741. The van der Waals surface area contributed by atoms with Gasteiger partial charge in [-0.2, -0.15) is 0 Å². The molecule has 1 saturated carbocycles. The van der Waals surface area contributed by atoms with E-state index in [1.54, 1.807) is 7.11 Å². The number of carbonyl (C=O) groups excluding carboxylic acids is 1. The van der Waals surface area contributed by atoms with E-state index >= 15 is 0 Å². The zero-order valence-electron chi connectivity index (χ0n) is 14.5. The molecular formula is C18H23N3O3S. The first-order valence-corrected chi connectivity index (χ1v) is 9.53. The number of rotatable bonds is 6. The molecule has 2 aromatic rings. The Labute approximate surface area is 151 Å². The molecule has 1 amide bonds. The van der Waals surface area contributed by atoms with Crippen molar-refractivity contribution < 1.29 is 13.9 Å².